The van der Waals surface area contributed by atoms with Crippen molar-refractivity contribution in [3.63, 3.8) is 0 Å². The Morgan fingerprint density at radius 1 is 1.30 bits per heavy atom. The molecule has 1 heterocycles. The minimum Gasteiger partial charge on any atom is -0.469 e. The van der Waals surface area contributed by atoms with Crippen LogP contribution in [-0.4, -0.2) is 56.3 Å². The van der Waals surface area contributed by atoms with E-state index in [9.17, 15) is 13.2 Å². The highest BCUT2D eigenvalue weighted by molar-refractivity contribution is 7.86. The molecule has 1 rings (SSSR count). The molecule has 1 atom stereocenters. The summed E-state index contributed by atoms with van der Waals surface area (Å²) in [6.45, 7) is 5.70. The molecule has 0 aromatic heterocycles. The van der Waals surface area contributed by atoms with Gasteiger partial charge in [0.2, 0.25) is 0 Å². The first-order valence-electron chi connectivity index (χ1n) is 7.30. The average molecular weight is 306 g/mol. The van der Waals surface area contributed by atoms with Gasteiger partial charge in [-0.25, -0.2) is 0 Å². The van der Waals surface area contributed by atoms with Gasteiger partial charge in [0.05, 0.1) is 13.0 Å². The number of hydrogen-bond acceptors (Lipinski definition) is 4. The minimum absolute atomic E-state index is 0.235. The maximum atomic E-state index is 12.6. The molecule has 0 amide bonds. The molecule has 6 nitrogen and oxygen atoms in total. The van der Waals surface area contributed by atoms with Crippen LogP contribution >= 0.6 is 0 Å². The summed E-state index contributed by atoms with van der Waals surface area (Å²) in [7, 11) is -2.12. The molecule has 0 radical (unpaired) electrons. The third-order valence-corrected chi connectivity index (χ3v) is 5.52. The van der Waals surface area contributed by atoms with Gasteiger partial charge in [0, 0.05) is 26.2 Å². The summed E-state index contributed by atoms with van der Waals surface area (Å²) in [5, 5.41) is 0. The number of rotatable bonds is 7. The molecule has 20 heavy (non-hydrogen) atoms. The summed E-state index contributed by atoms with van der Waals surface area (Å²) in [5.41, 5.74) is 0. The zero-order valence-electron chi connectivity index (χ0n) is 12.7. The SMILES string of the molecule is CCCN(CCC)S(=O)(=O)N1CCC[C@H](C(=O)OC)C1. The van der Waals surface area contributed by atoms with Crippen molar-refractivity contribution in [2.45, 2.75) is 39.5 Å². The second-order valence-electron chi connectivity index (χ2n) is 5.13. The van der Waals surface area contributed by atoms with Crippen LogP contribution in [0.3, 0.4) is 0 Å². The van der Waals surface area contributed by atoms with E-state index >= 15 is 0 Å². The van der Waals surface area contributed by atoms with Crippen LogP contribution in [0.25, 0.3) is 0 Å². The van der Waals surface area contributed by atoms with Crippen molar-refractivity contribution < 1.29 is 17.9 Å². The Bertz CT molecular complexity index is 405. The third-order valence-electron chi connectivity index (χ3n) is 3.52. The zero-order valence-corrected chi connectivity index (χ0v) is 13.5. The van der Waals surface area contributed by atoms with Gasteiger partial charge in [0.15, 0.2) is 0 Å². The van der Waals surface area contributed by atoms with Crippen molar-refractivity contribution in [1.82, 2.24) is 8.61 Å². The number of carbonyl (C=O) groups excluding carboxylic acids is 1. The summed E-state index contributed by atoms with van der Waals surface area (Å²) in [5.74, 6) is -0.656. The normalized spacial score (nSPS) is 21.1. The number of piperidine rings is 1. The smallest absolute Gasteiger partial charge is 0.309 e. The first-order valence-corrected chi connectivity index (χ1v) is 8.70. The van der Waals surface area contributed by atoms with E-state index in [1.165, 1.54) is 15.7 Å². The molecule has 0 aliphatic carbocycles. The lowest BCUT2D eigenvalue weighted by molar-refractivity contribution is -0.146. The molecule has 0 saturated carbocycles. The molecule has 118 valence electrons. The molecule has 0 unspecified atom stereocenters. The number of methoxy groups -OCH3 is 1. The second kappa shape index (κ2) is 7.95. The van der Waals surface area contributed by atoms with Crippen molar-refractivity contribution in [1.29, 1.82) is 0 Å². The monoisotopic (exact) mass is 306 g/mol. The Morgan fingerprint density at radius 3 is 2.40 bits per heavy atom. The Morgan fingerprint density at radius 2 is 1.90 bits per heavy atom. The van der Waals surface area contributed by atoms with E-state index in [-0.39, 0.29) is 18.4 Å². The highest BCUT2D eigenvalue weighted by Crippen LogP contribution is 2.22. The Hall–Kier alpha value is -0.660. The van der Waals surface area contributed by atoms with Gasteiger partial charge in [-0.2, -0.15) is 17.0 Å². The van der Waals surface area contributed by atoms with Crippen LogP contribution in [0.5, 0.6) is 0 Å². The number of hydrogen-bond donors (Lipinski definition) is 0. The summed E-state index contributed by atoms with van der Waals surface area (Å²) < 4.78 is 32.9. The number of esters is 1. The van der Waals surface area contributed by atoms with E-state index in [0.29, 0.717) is 32.5 Å². The first kappa shape index (κ1) is 17.4. The van der Waals surface area contributed by atoms with Gasteiger partial charge in [-0.05, 0) is 25.7 Å². The lowest BCUT2D eigenvalue weighted by atomic mass is 10.0. The highest BCUT2D eigenvalue weighted by Gasteiger charge is 2.35. The van der Waals surface area contributed by atoms with Crippen molar-refractivity contribution >= 4 is 16.2 Å². The van der Waals surface area contributed by atoms with E-state index in [1.807, 2.05) is 13.8 Å². The minimum atomic E-state index is -3.46. The van der Waals surface area contributed by atoms with Gasteiger partial charge in [-0.15, -0.1) is 0 Å². The maximum absolute atomic E-state index is 12.6. The van der Waals surface area contributed by atoms with Crippen LogP contribution in [0, 0.1) is 5.92 Å². The van der Waals surface area contributed by atoms with E-state index in [4.69, 9.17) is 4.74 Å². The predicted molar refractivity (Wildman–Crippen MR) is 77.4 cm³/mol. The molecule has 1 saturated heterocycles. The molecule has 1 aliphatic heterocycles. The lowest BCUT2D eigenvalue weighted by Gasteiger charge is -2.34. The molecule has 1 aliphatic rings. The molecule has 7 heteroatoms. The Kier molecular flexibility index (Phi) is 6.91. The second-order valence-corrected chi connectivity index (χ2v) is 7.06. The molecule has 0 bridgehead atoms. The fraction of sp³-hybridized carbons (Fsp3) is 0.923. The summed E-state index contributed by atoms with van der Waals surface area (Å²) in [6, 6.07) is 0. The van der Waals surface area contributed by atoms with Gasteiger partial charge in [0.25, 0.3) is 10.2 Å². The van der Waals surface area contributed by atoms with Gasteiger partial charge >= 0.3 is 5.97 Å². The van der Waals surface area contributed by atoms with Crippen LogP contribution in [0.2, 0.25) is 0 Å². The van der Waals surface area contributed by atoms with E-state index in [0.717, 1.165) is 12.8 Å². The molecule has 0 aromatic rings. The quantitative estimate of drug-likeness (QED) is 0.664. The summed E-state index contributed by atoms with van der Waals surface area (Å²) in [6.07, 6.45) is 2.96. The molecule has 0 N–H and O–H groups in total. The summed E-state index contributed by atoms with van der Waals surface area (Å²) >= 11 is 0. The topological polar surface area (TPSA) is 66.9 Å². The Labute approximate surface area is 122 Å². The van der Waals surface area contributed by atoms with E-state index in [2.05, 4.69) is 0 Å². The van der Waals surface area contributed by atoms with Crippen LogP contribution < -0.4 is 0 Å². The molecular formula is C13H26N2O4S. The van der Waals surface area contributed by atoms with Crippen LogP contribution in [0.1, 0.15) is 39.5 Å². The number of carbonyl (C=O) groups is 1. The Balaban J connectivity index is 2.81. The van der Waals surface area contributed by atoms with Gasteiger partial charge < -0.3 is 4.74 Å². The molecular weight excluding hydrogens is 280 g/mol. The standard InChI is InChI=1S/C13H26N2O4S/c1-4-8-14(9-5-2)20(17,18)15-10-6-7-12(11-15)13(16)19-3/h12H,4-11H2,1-3H3/t12-/m0/s1. The zero-order chi connectivity index (χ0) is 15.2. The average Bonchev–Trinajstić information content (AvgIpc) is 2.46. The predicted octanol–water partition coefficient (Wildman–Crippen LogP) is 1.24. The first-order chi connectivity index (χ1) is 9.47. The van der Waals surface area contributed by atoms with Crippen molar-refractivity contribution in [3.8, 4) is 0 Å². The van der Waals surface area contributed by atoms with Crippen molar-refractivity contribution in [2.75, 3.05) is 33.3 Å². The van der Waals surface area contributed by atoms with Crippen molar-refractivity contribution in [2.24, 2.45) is 5.92 Å². The largest absolute Gasteiger partial charge is 0.469 e. The number of ether oxygens (including phenoxy) is 1. The van der Waals surface area contributed by atoms with E-state index in [1.54, 1.807) is 0 Å². The van der Waals surface area contributed by atoms with Crippen LogP contribution in [-0.2, 0) is 19.7 Å². The fourth-order valence-electron chi connectivity index (χ4n) is 2.52. The van der Waals surface area contributed by atoms with Crippen LogP contribution in [0.4, 0.5) is 0 Å². The highest BCUT2D eigenvalue weighted by atomic mass is 32.2. The summed E-state index contributed by atoms with van der Waals surface area (Å²) in [4.78, 5) is 11.6. The van der Waals surface area contributed by atoms with Gasteiger partial charge in [0.1, 0.15) is 0 Å². The van der Waals surface area contributed by atoms with E-state index < -0.39 is 10.2 Å². The number of nitrogens with zero attached hydrogens (tertiary/aromatic N) is 2. The third kappa shape index (κ3) is 4.17. The fourth-order valence-corrected chi connectivity index (χ4v) is 4.40. The van der Waals surface area contributed by atoms with Gasteiger partial charge in [-0.1, -0.05) is 13.8 Å². The van der Waals surface area contributed by atoms with Crippen LogP contribution in [0.15, 0.2) is 0 Å². The maximum Gasteiger partial charge on any atom is 0.309 e. The van der Waals surface area contributed by atoms with Crippen molar-refractivity contribution in [3.05, 3.63) is 0 Å². The molecule has 0 spiro atoms. The van der Waals surface area contributed by atoms with Gasteiger partial charge in [-0.3, -0.25) is 4.79 Å². The lowest BCUT2D eigenvalue weighted by Crippen LogP contribution is -2.49. The molecule has 1 fully saturated rings. The molecule has 0 aromatic carbocycles.